The Balaban J connectivity index is 2.30. The molecule has 1 unspecified atom stereocenters. The van der Waals surface area contributed by atoms with Crippen molar-refractivity contribution in [1.29, 1.82) is 0 Å². The molecule has 1 aliphatic heterocycles. The van der Waals surface area contributed by atoms with E-state index in [-0.39, 0.29) is 22.2 Å². The fourth-order valence-corrected chi connectivity index (χ4v) is 3.61. The molecule has 0 spiro atoms. The van der Waals surface area contributed by atoms with Crippen LogP contribution in [-0.4, -0.2) is 19.3 Å². The quantitative estimate of drug-likeness (QED) is 0.437. The fraction of sp³-hybridized carbons (Fsp3) is 0.625. The molecule has 1 aromatic rings. The van der Waals surface area contributed by atoms with Crippen LogP contribution in [0.5, 0.6) is 5.75 Å². The van der Waals surface area contributed by atoms with E-state index in [0.29, 0.717) is 17.7 Å². The Hall–Kier alpha value is -0.0500. The number of benzene rings is 1. The van der Waals surface area contributed by atoms with Crippen LogP contribution in [0.4, 0.5) is 4.39 Å². The number of alkyl halides is 1. The summed E-state index contributed by atoms with van der Waals surface area (Å²) in [6.07, 6.45) is 0.569. The highest BCUT2D eigenvalue weighted by Gasteiger charge is 2.39. The minimum absolute atomic E-state index is 0.175. The third-order valence-corrected chi connectivity index (χ3v) is 7.02. The Bertz CT molecular complexity index is 564. The maximum atomic E-state index is 14.1. The molecule has 1 heterocycles. The van der Waals surface area contributed by atoms with Gasteiger partial charge in [-0.3, -0.25) is 0 Å². The number of hydrogen-bond acceptors (Lipinski definition) is 3. The largest absolute Gasteiger partial charge is 0.598 e. The van der Waals surface area contributed by atoms with Crippen LogP contribution in [-0.2, 0) is 17.8 Å². The average molecular weight is 439 g/mol. The Labute approximate surface area is 148 Å². The summed E-state index contributed by atoms with van der Waals surface area (Å²) in [5.41, 5.74) is 1.12. The molecule has 0 bridgehead atoms. The average Bonchev–Trinajstić information content (AvgIpc) is 2.77. The van der Waals surface area contributed by atoms with Crippen molar-refractivity contribution in [2.45, 2.75) is 57.4 Å². The molecular weight excluding hydrogens is 416 g/mol. The molecular formula is C16H23FINO2S. The topological polar surface area (TPSA) is 44.3 Å². The van der Waals surface area contributed by atoms with E-state index in [1.165, 1.54) is 6.07 Å². The number of fused-ring (bicyclic) bond motifs is 1. The van der Waals surface area contributed by atoms with Gasteiger partial charge in [-0.15, -0.1) is 4.72 Å². The van der Waals surface area contributed by atoms with Gasteiger partial charge in [0, 0.05) is 33.3 Å². The molecule has 1 aliphatic rings. The number of nitrogens with one attached hydrogen (secondary N) is 1. The molecule has 0 saturated carbocycles. The predicted octanol–water partition coefficient (Wildman–Crippen LogP) is 4.07. The van der Waals surface area contributed by atoms with Crippen LogP contribution < -0.4 is 9.46 Å². The predicted molar refractivity (Wildman–Crippen MR) is 97.5 cm³/mol. The number of hydrogen-bond donors (Lipinski definition) is 1. The highest BCUT2D eigenvalue weighted by molar-refractivity contribution is 14.1. The number of halogens is 2. The summed E-state index contributed by atoms with van der Waals surface area (Å²) in [7, 11) is 0. The van der Waals surface area contributed by atoms with Gasteiger partial charge in [0.05, 0.1) is 6.04 Å². The van der Waals surface area contributed by atoms with E-state index >= 15 is 0 Å². The third-order valence-electron chi connectivity index (χ3n) is 3.72. The second kappa shape index (κ2) is 6.45. The van der Waals surface area contributed by atoms with Crippen LogP contribution in [0.25, 0.3) is 0 Å². The first kappa shape index (κ1) is 18.3. The summed E-state index contributed by atoms with van der Waals surface area (Å²) in [5.74, 6) is 0.390. The van der Waals surface area contributed by atoms with E-state index in [1.807, 2.05) is 34.6 Å². The zero-order valence-corrected chi connectivity index (χ0v) is 16.6. The lowest BCUT2D eigenvalue weighted by Crippen LogP contribution is -2.40. The minimum atomic E-state index is -1.19. The first-order valence-corrected chi connectivity index (χ1v) is 9.99. The van der Waals surface area contributed by atoms with Crippen molar-refractivity contribution in [2.75, 3.05) is 4.43 Å². The van der Waals surface area contributed by atoms with Gasteiger partial charge in [-0.05, 0) is 40.7 Å². The molecule has 3 atom stereocenters. The summed E-state index contributed by atoms with van der Waals surface area (Å²) in [6, 6.07) is 3.03. The van der Waals surface area contributed by atoms with Gasteiger partial charge in [0.15, 0.2) is 0 Å². The molecule has 0 saturated heterocycles. The van der Waals surface area contributed by atoms with Crippen LogP contribution in [0.1, 0.15) is 51.8 Å². The molecule has 124 valence electrons. The van der Waals surface area contributed by atoms with Crippen molar-refractivity contribution < 1.29 is 13.7 Å². The zero-order chi connectivity index (χ0) is 16.7. The van der Waals surface area contributed by atoms with Crippen LogP contribution in [0, 0.1) is 5.82 Å². The highest BCUT2D eigenvalue weighted by atomic mass is 127. The maximum Gasteiger partial charge on any atom is 0.136 e. The molecule has 3 nitrogen and oxygen atoms in total. The Kier molecular flexibility index (Phi) is 5.36. The van der Waals surface area contributed by atoms with E-state index < -0.39 is 11.4 Å². The van der Waals surface area contributed by atoms with Gasteiger partial charge in [0.2, 0.25) is 0 Å². The second-order valence-corrected chi connectivity index (χ2v) is 9.79. The first-order valence-electron chi connectivity index (χ1n) is 7.32. The van der Waals surface area contributed by atoms with Crippen LogP contribution in [0.3, 0.4) is 0 Å². The minimum Gasteiger partial charge on any atom is -0.598 e. The van der Waals surface area contributed by atoms with E-state index in [0.717, 1.165) is 9.99 Å². The number of rotatable bonds is 4. The van der Waals surface area contributed by atoms with Crippen molar-refractivity contribution in [3.63, 3.8) is 0 Å². The fourth-order valence-electron chi connectivity index (χ4n) is 2.38. The van der Waals surface area contributed by atoms with Gasteiger partial charge in [0.25, 0.3) is 0 Å². The van der Waals surface area contributed by atoms with E-state index in [2.05, 4.69) is 27.3 Å². The Morgan fingerprint density at radius 2 is 2.14 bits per heavy atom. The van der Waals surface area contributed by atoms with Gasteiger partial charge < -0.3 is 9.29 Å². The lowest BCUT2D eigenvalue weighted by molar-refractivity contribution is 0.145. The molecule has 2 rings (SSSR count). The van der Waals surface area contributed by atoms with Gasteiger partial charge in [0.1, 0.15) is 21.9 Å². The molecule has 0 fully saturated rings. The van der Waals surface area contributed by atoms with Crippen molar-refractivity contribution in [3.8, 4) is 5.75 Å². The molecule has 1 N–H and O–H groups in total. The Morgan fingerprint density at radius 3 is 2.68 bits per heavy atom. The molecule has 22 heavy (non-hydrogen) atoms. The molecule has 0 aromatic heterocycles. The van der Waals surface area contributed by atoms with Crippen molar-refractivity contribution in [1.82, 2.24) is 4.72 Å². The molecule has 0 amide bonds. The lowest BCUT2D eigenvalue weighted by Gasteiger charge is -2.27. The normalized spacial score (nSPS) is 23.8. The first-order chi connectivity index (χ1) is 10.1. The second-order valence-electron chi connectivity index (χ2n) is 7.03. The van der Waals surface area contributed by atoms with Gasteiger partial charge in [-0.1, -0.05) is 28.7 Å². The maximum absolute atomic E-state index is 14.1. The summed E-state index contributed by atoms with van der Waals surface area (Å²) < 4.78 is 36.0. The number of ether oxygens (including phenoxy) is 1. The highest BCUT2D eigenvalue weighted by Crippen LogP contribution is 2.42. The van der Waals surface area contributed by atoms with Crippen molar-refractivity contribution in [2.24, 2.45) is 0 Å². The van der Waals surface area contributed by atoms with Gasteiger partial charge in [-0.2, -0.15) is 0 Å². The van der Waals surface area contributed by atoms with E-state index in [1.54, 1.807) is 6.07 Å². The molecule has 1 aromatic carbocycles. The summed E-state index contributed by atoms with van der Waals surface area (Å²) in [5, 5.41) is 0. The van der Waals surface area contributed by atoms with Gasteiger partial charge in [-0.25, -0.2) is 4.39 Å². The van der Waals surface area contributed by atoms with Crippen molar-refractivity contribution >= 4 is 34.0 Å². The monoisotopic (exact) mass is 439 g/mol. The van der Waals surface area contributed by atoms with E-state index in [4.69, 9.17) is 4.74 Å². The molecule has 0 aliphatic carbocycles. The molecule has 6 heteroatoms. The van der Waals surface area contributed by atoms with Crippen LogP contribution >= 0.6 is 22.6 Å². The Morgan fingerprint density at radius 1 is 1.50 bits per heavy atom. The lowest BCUT2D eigenvalue weighted by atomic mass is 9.98. The molecule has 0 radical (unpaired) electrons. The zero-order valence-electron chi connectivity index (χ0n) is 13.6. The SMILES string of the molecule is C[C@@H](N[S@+]([O-])C(C)(C)C)c1ccc(F)c2c1OC(C)(CI)C2. The van der Waals surface area contributed by atoms with Gasteiger partial charge >= 0.3 is 0 Å². The standard InChI is InChI=1S/C16H23FINO2S/c1-10(19-22(20)15(2,3)4)11-6-7-13(17)12-8-16(5,9-18)21-14(11)12/h6-7,10,19H,8-9H2,1-5H3/t10-,16?,22-/m1/s1. The third kappa shape index (κ3) is 3.71. The summed E-state index contributed by atoms with van der Waals surface area (Å²) in [4.78, 5) is 0. The van der Waals surface area contributed by atoms with Crippen LogP contribution in [0.15, 0.2) is 12.1 Å². The summed E-state index contributed by atoms with van der Waals surface area (Å²) >= 11 is 1.07. The van der Waals surface area contributed by atoms with E-state index in [9.17, 15) is 8.94 Å². The summed E-state index contributed by atoms with van der Waals surface area (Å²) in [6.45, 7) is 9.68. The smallest absolute Gasteiger partial charge is 0.136 e. The van der Waals surface area contributed by atoms with Crippen molar-refractivity contribution in [3.05, 3.63) is 29.1 Å². The van der Waals surface area contributed by atoms with Crippen LogP contribution in [0.2, 0.25) is 0 Å².